The van der Waals surface area contributed by atoms with Crippen molar-refractivity contribution in [2.45, 2.75) is 197 Å². The van der Waals surface area contributed by atoms with E-state index in [9.17, 15) is 15.3 Å². The van der Waals surface area contributed by atoms with E-state index in [4.69, 9.17) is 18.9 Å². The average molecular weight is 913 g/mol. The minimum absolute atomic E-state index is 0. The minimum Gasteiger partial charge on any atom is -0.870 e. The zero-order chi connectivity index (χ0) is 44.4. The minimum atomic E-state index is -0.800. The molecular formula is C53H81KN2O8. The number of phenols is 1. The molecule has 0 aromatic heterocycles. The van der Waals surface area contributed by atoms with Crippen molar-refractivity contribution in [2.75, 3.05) is 41.4 Å². The van der Waals surface area contributed by atoms with Crippen LogP contribution in [-0.2, 0) is 33.1 Å². The average Bonchev–Trinajstić information content (AvgIpc) is 3.72. The van der Waals surface area contributed by atoms with Gasteiger partial charge in [0.15, 0.2) is 0 Å². The van der Waals surface area contributed by atoms with Crippen LogP contribution in [0.15, 0.2) is 24.3 Å². The fraction of sp³-hybridized carbons (Fsp3) is 0.774. The monoisotopic (exact) mass is 913 g/mol. The molecule has 10 nitrogen and oxygen atoms in total. The second-order valence-electron chi connectivity index (χ2n) is 22.2. The summed E-state index contributed by atoms with van der Waals surface area (Å²) >= 11 is 0. The summed E-state index contributed by atoms with van der Waals surface area (Å²) in [5.74, 6) is 2.33. The van der Waals surface area contributed by atoms with Gasteiger partial charge in [-0.25, -0.2) is 0 Å². The van der Waals surface area contributed by atoms with Gasteiger partial charge in [0.25, 0.3) is 0 Å². The largest absolute Gasteiger partial charge is 1.00 e. The number of rotatable bonds is 12. The molecule has 4 heterocycles. The van der Waals surface area contributed by atoms with Crippen molar-refractivity contribution in [1.29, 1.82) is 0 Å². The number of hydrogen-bond donors (Lipinski definition) is 3. The molecule has 4 N–H and O–H groups in total. The van der Waals surface area contributed by atoms with Crippen LogP contribution in [0.5, 0.6) is 17.2 Å². The zero-order valence-corrected chi connectivity index (χ0v) is 44.7. The molecule has 8 aliphatic rings. The van der Waals surface area contributed by atoms with Crippen molar-refractivity contribution in [2.24, 2.45) is 22.7 Å². The standard InChI is InChI=1S/C27H41NO3.C26H39NO4.K.H2O/c1-7-9-25(4,29)19-16-26(10-8-2)21-15-18-13-17(3)14-20-22(18)27(26,11-12-28(21)5)24(31-20)23(19)30-6;1-6-8-24(3,29)18-15-25(9-7-2)20-13-16-12-17(28)14-19-21(16)26(25,10-11-27(20)4)23(31-19)22(18)30-5;;/h13-14,19,21,23-24,29H,7-12,15-16H2,1-6H3;12,14,18,20,22-23,28-29H,6-11,13,15H2,1-5H3;;1H2/q;;+1;/p-1/t19-,21+,23+,24-,25-,26+,27-;18-,20+,22+,23-,24-,25+,26-;;/m00../s1. The smallest absolute Gasteiger partial charge is 0.870 e. The summed E-state index contributed by atoms with van der Waals surface area (Å²) in [7, 11) is 8.19. The number of aromatic hydroxyl groups is 1. The molecule has 64 heavy (non-hydrogen) atoms. The predicted molar refractivity (Wildman–Crippen MR) is 246 cm³/mol. The van der Waals surface area contributed by atoms with Crippen molar-refractivity contribution in [3.63, 3.8) is 0 Å². The first-order chi connectivity index (χ1) is 29.5. The van der Waals surface area contributed by atoms with Crippen molar-refractivity contribution in [3.05, 3.63) is 52.1 Å². The van der Waals surface area contributed by atoms with Gasteiger partial charge in [-0.2, -0.15) is 0 Å². The van der Waals surface area contributed by atoms with Crippen molar-refractivity contribution in [1.82, 2.24) is 9.80 Å². The quantitative estimate of drug-likeness (QED) is 0.236. The van der Waals surface area contributed by atoms with E-state index in [1.807, 2.05) is 33.1 Å². The zero-order valence-electron chi connectivity index (χ0n) is 41.6. The van der Waals surface area contributed by atoms with Crippen LogP contribution in [0.25, 0.3) is 0 Å². The number of piperidine rings is 2. The molecule has 11 heteroatoms. The number of ether oxygens (including phenoxy) is 4. The van der Waals surface area contributed by atoms with Gasteiger partial charge in [-0.3, -0.25) is 0 Å². The summed E-state index contributed by atoms with van der Waals surface area (Å²) in [6.45, 7) is 17.3. The Morgan fingerprint density at radius 2 is 1.11 bits per heavy atom. The Morgan fingerprint density at radius 3 is 1.52 bits per heavy atom. The van der Waals surface area contributed by atoms with Gasteiger partial charge in [-0.05, 0) is 141 Å². The second kappa shape index (κ2) is 18.2. The molecule has 2 saturated carbocycles. The number of hydrogen-bond acceptors (Lipinski definition) is 10. The van der Waals surface area contributed by atoms with Gasteiger partial charge in [-0.15, -0.1) is 0 Å². The van der Waals surface area contributed by atoms with E-state index in [1.165, 1.54) is 34.2 Å². The van der Waals surface area contributed by atoms with Crippen molar-refractivity contribution < 1.29 is 91.1 Å². The molecule has 4 aliphatic carbocycles. The molecule has 2 aromatic rings. The summed E-state index contributed by atoms with van der Waals surface area (Å²) in [6.07, 6.45) is 13.8. The first kappa shape index (κ1) is 51.1. The molecule has 2 spiro atoms. The van der Waals surface area contributed by atoms with Crippen LogP contribution in [0.1, 0.15) is 146 Å². The normalized spacial score (nSPS) is 39.0. The van der Waals surface area contributed by atoms with Crippen molar-refractivity contribution in [3.8, 4) is 17.2 Å². The Balaban J connectivity index is 0.000000186. The van der Waals surface area contributed by atoms with Gasteiger partial charge < -0.3 is 49.5 Å². The summed E-state index contributed by atoms with van der Waals surface area (Å²) < 4.78 is 26.1. The third kappa shape index (κ3) is 6.91. The van der Waals surface area contributed by atoms with Crippen LogP contribution >= 0.6 is 0 Å². The van der Waals surface area contributed by atoms with Gasteiger partial charge in [-0.1, -0.05) is 59.4 Å². The molecule has 0 radical (unpaired) electrons. The summed E-state index contributed by atoms with van der Waals surface area (Å²) in [6, 6.07) is 9.32. The number of likely N-dealkylation sites (N-methyl/N-ethyl adjacent to an activating group) is 2. The fourth-order valence-electron chi connectivity index (χ4n) is 17.2. The van der Waals surface area contributed by atoms with Gasteiger partial charge in [0.2, 0.25) is 0 Å². The topological polar surface area (TPSA) is 134 Å². The Kier molecular flexibility index (Phi) is 14.5. The second-order valence-corrected chi connectivity index (χ2v) is 22.2. The first-order valence-corrected chi connectivity index (χ1v) is 24.8. The van der Waals surface area contributed by atoms with E-state index in [2.05, 4.69) is 70.6 Å². The van der Waals surface area contributed by atoms with E-state index < -0.39 is 11.2 Å². The van der Waals surface area contributed by atoms with Crippen LogP contribution in [0, 0.1) is 29.6 Å². The Labute approximate surface area is 427 Å². The number of benzene rings is 2. The van der Waals surface area contributed by atoms with E-state index in [0.29, 0.717) is 12.1 Å². The Morgan fingerprint density at radius 1 is 0.688 bits per heavy atom. The van der Waals surface area contributed by atoms with Crippen LogP contribution in [0.4, 0.5) is 0 Å². The molecule has 4 bridgehead atoms. The van der Waals surface area contributed by atoms with Crippen LogP contribution in [-0.4, -0.2) is 120 Å². The number of nitrogens with zero attached hydrogens (tertiary/aromatic N) is 2. The number of aryl methyl sites for hydroxylation is 1. The predicted octanol–water partition coefficient (Wildman–Crippen LogP) is 5.48. The first-order valence-electron chi connectivity index (χ1n) is 24.8. The molecule has 352 valence electrons. The van der Waals surface area contributed by atoms with Gasteiger partial charge in [0, 0.05) is 77.0 Å². The number of phenolic OH excluding ortho intramolecular Hbond substituents is 1. The van der Waals surface area contributed by atoms with E-state index in [-0.39, 0.29) is 121 Å². The molecule has 14 atom stereocenters. The summed E-state index contributed by atoms with van der Waals surface area (Å²) in [5.41, 5.74) is 5.34. The third-order valence-electron chi connectivity index (χ3n) is 19.1. The SMILES string of the molecule is CCC[C@]12C[C@H]([C@@](C)(O)CCC)[C@@H](OC)[C@@H]3Oc4cc(C)cc5c4[C@@]31CCN(C)[C@@H]2C5.CCC[C@]12C[C@H]([C@@](C)(O)CCC)[C@@H](OC)[C@@H]3Oc4cc(O)cc5c4[C@@]31CCN(C)[C@@H]2C5.[K+].[OH-]. The third-order valence-corrected chi connectivity index (χ3v) is 19.1. The number of methoxy groups -OCH3 is 2. The van der Waals surface area contributed by atoms with E-state index in [0.717, 1.165) is 108 Å². The summed E-state index contributed by atoms with van der Waals surface area (Å²) in [5, 5.41) is 33.8. The van der Waals surface area contributed by atoms with Crippen LogP contribution in [0.3, 0.4) is 0 Å². The van der Waals surface area contributed by atoms with Gasteiger partial charge >= 0.3 is 51.4 Å². The van der Waals surface area contributed by atoms with E-state index in [1.54, 1.807) is 7.11 Å². The number of likely N-dealkylation sites (tertiary alicyclic amines) is 2. The summed E-state index contributed by atoms with van der Waals surface area (Å²) in [4.78, 5) is 5.17. The van der Waals surface area contributed by atoms with E-state index >= 15 is 0 Å². The maximum atomic E-state index is 11.7. The molecule has 4 aliphatic heterocycles. The van der Waals surface area contributed by atoms with Gasteiger partial charge in [0.1, 0.15) is 41.7 Å². The van der Waals surface area contributed by atoms with Crippen LogP contribution in [0.2, 0.25) is 0 Å². The molecule has 2 aromatic carbocycles. The van der Waals surface area contributed by atoms with Crippen molar-refractivity contribution >= 4 is 0 Å². The fourth-order valence-corrected chi connectivity index (χ4v) is 17.2. The molecule has 4 fully saturated rings. The number of aliphatic hydroxyl groups is 2. The van der Waals surface area contributed by atoms with Gasteiger partial charge in [0.05, 0.1) is 11.2 Å². The molecular weight excluding hydrogens is 832 g/mol. The molecule has 0 unspecified atom stereocenters. The Bertz CT molecular complexity index is 1890. The maximum Gasteiger partial charge on any atom is 1.00 e. The molecule has 2 saturated heterocycles. The molecule has 0 amide bonds. The maximum absolute atomic E-state index is 11.7. The Hall–Kier alpha value is -0.804. The molecule has 10 rings (SSSR count). The van der Waals surface area contributed by atoms with Crippen LogP contribution < -0.4 is 60.9 Å².